The Morgan fingerprint density at radius 2 is 1.80 bits per heavy atom. The van der Waals surface area contributed by atoms with Gasteiger partial charge in [0.2, 0.25) is 17.8 Å². The second kappa shape index (κ2) is 10.2. The van der Waals surface area contributed by atoms with Crippen LogP contribution in [0.15, 0.2) is 53.7 Å². The normalized spacial score (nSPS) is 13.7. The van der Waals surface area contributed by atoms with Crippen molar-refractivity contribution in [2.75, 3.05) is 42.3 Å². The highest BCUT2D eigenvalue weighted by Gasteiger charge is 2.23. The van der Waals surface area contributed by atoms with Gasteiger partial charge in [-0.3, -0.25) is 4.57 Å². The molecule has 0 spiro atoms. The van der Waals surface area contributed by atoms with Gasteiger partial charge in [0.1, 0.15) is 11.6 Å². The molecule has 35 heavy (non-hydrogen) atoms. The number of hydrogen-bond acceptors (Lipinski definition) is 10. The largest absolute Gasteiger partial charge is 0.378 e. The summed E-state index contributed by atoms with van der Waals surface area (Å²) < 4.78 is 20.8. The van der Waals surface area contributed by atoms with Crippen molar-refractivity contribution in [3.8, 4) is 5.69 Å². The standard InChI is InChI=1S/C23H24FN9OS/c1-15-4-2-3-5-18(15)33-22(32-10-12-34-13-11-32)30-31-23(33)35-14-19-27-20(25)29-21(28-19)26-17-8-6-16(24)7-9-17/h2-9H,10-14H2,1H3,(H3,25,26,27,28,29). The third-order valence-corrected chi connectivity index (χ3v) is 6.32. The first-order valence-electron chi connectivity index (χ1n) is 11.1. The van der Waals surface area contributed by atoms with Gasteiger partial charge in [0, 0.05) is 18.8 Å². The molecule has 10 nitrogen and oxygen atoms in total. The van der Waals surface area contributed by atoms with E-state index in [-0.39, 0.29) is 17.7 Å². The minimum absolute atomic E-state index is 0.0922. The van der Waals surface area contributed by atoms with Crippen LogP contribution < -0.4 is 16.0 Å². The zero-order chi connectivity index (χ0) is 24.2. The smallest absolute Gasteiger partial charge is 0.232 e. The molecule has 0 aliphatic carbocycles. The molecule has 1 aliphatic rings. The van der Waals surface area contributed by atoms with Gasteiger partial charge in [0.15, 0.2) is 5.16 Å². The summed E-state index contributed by atoms with van der Waals surface area (Å²) in [7, 11) is 0. The fourth-order valence-electron chi connectivity index (χ4n) is 3.70. The van der Waals surface area contributed by atoms with Gasteiger partial charge in [-0.1, -0.05) is 30.0 Å². The number of benzene rings is 2. The molecule has 0 atom stereocenters. The third kappa shape index (κ3) is 5.33. The molecule has 0 radical (unpaired) electrons. The second-order valence-electron chi connectivity index (χ2n) is 7.86. The summed E-state index contributed by atoms with van der Waals surface area (Å²) in [4.78, 5) is 15.1. The predicted octanol–water partition coefficient (Wildman–Crippen LogP) is 3.35. The molecule has 0 saturated carbocycles. The van der Waals surface area contributed by atoms with Gasteiger partial charge in [-0.05, 0) is 42.8 Å². The average molecular weight is 494 g/mol. The van der Waals surface area contributed by atoms with E-state index in [1.807, 2.05) is 12.1 Å². The monoisotopic (exact) mass is 493 g/mol. The number of ether oxygens (including phenoxy) is 1. The lowest BCUT2D eigenvalue weighted by atomic mass is 10.2. The summed E-state index contributed by atoms with van der Waals surface area (Å²) >= 11 is 1.46. The number of nitrogen functional groups attached to an aromatic ring is 1. The van der Waals surface area contributed by atoms with Crippen molar-refractivity contribution in [3.05, 3.63) is 65.7 Å². The summed E-state index contributed by atoms with van der Waals surface area (Å²) in [5.41, 5.74) is 8.69. The summed E-state index contributed by atoms with van der Waals surface area (Å²) in [6.07, 6.45) is 0. The van der Waals surface area contributed by atoms with Crippen LogP contribution in [0.2, 0.25) is 0 Å². The quantitative estimate of drug-likeness (QED) is 0.371. The first kappa shape index (κ1) is 23.0. The maximum absolute atomic E-state index is 13.2. The van der Waals surface area contributed by atoms with Crippen LogP contribution in [-0.4, -0.2) is 56.0 Å². The Morgan fingerprint density at radius 3 is 2.57 bits per heavy atom. The number of anilines is 4. The van der Waals surface area contributed by atoms with E-state index in [0.717, 1.165) is 30.3 Å². The van der Waals surface area contributed by atoms with Gasteiger partial charge in [0.25, 0.3) is 0 Å². The molecule has 3 N–H and O–H groups in total. The number of halogens is 1. The van der Waals surface area contributed by atoms with Crippen molar-refractivity contribution >= 4 is 35.3 Å². The minimum Gasteiger partial charge on any atom is -0.378 e. The molecule has 0 bridgehead atoms. The van der Waals surface area contributed by atoms with Crippen LogP contribution in [0.3, 0.4) is 0 Å². The Hall–Kier alpha value is -3.77. The highest BCUT2D eigenvalue weighted by Crippen LogP contribution is 2.30. The fourth-order valence-corrected chi connectivity index (χ4v) is 4.49. The topological polar surface area (TPSA) is 120 Å². The number of nitrogens with one attached hydrogen (secondary N) is 1. The van der Waals surface area contributed by atoms with E-state index in [0.29, 0.717) is 35.6 Å². The number of thioether (sulfide) groups is 1. The maximum Gasteiger partial charge on any atom is 0.232 e. The van der Waals surface area contributed by atoms with Crippen molar-refractivity contribution in [1.82, 2.24) is 29.7 Å². The van der Waals surface area contributed by atoms with Gasteiger partial charge in [-0.25, -0.2) is 4.39 Å². The molecule has 3 heterocycles. The lowest BCUT2D eigenvalue weighted by molar-refractivity contribution is 0.122. The minimum atomic E-state index is -0.322. The van der Waals surface area contributed by atoms with Crippen LogP contribution in [0, 0.1) is 12.7 Å². The summed E-state index contributed by atoms with van der Waals surface area (Å²) in [5.74, 6) is 1.72. The van der Waals surface area contributed by atoms with Gasteiger partial charge in [0.05, 0.1) is 24.7 Å². The molecule has 0 unspecified atom stereocenters. The Kier molecular flexibility index (Phi) is 6.73. The number of morpholine rings is 1. The van der Waals surface area contributed by atoms with E-state index in [1.54, 1.807) is 12.1 Å². The van der Waals surface area contributed by atoms with Crippen molar-refractivity contribution in [3.63, 3.8) is 0 Å². The van der Waals surface area contributed by atoms with Crippen molar-refractivity contribution in [1.29, 1.82) is 0 Å². The molecule has 2 aromatic heterocycles. The first-order valence-corrected chi connectivity index (χ1v) is 12.1. The van der Waals surface area contributed by atoms with E-state index >= 15 is 0 Å². The van der Waals surface area contributed by atoms with Crippen LogP contribution in [-0.2, 0) is 10.5 Å². The first-order chi connectivity index (χ1) is 17.1. The Balaban J connectivity index is 1.40. The Morgan fingerprint density at radius 1 is 1.03 bits per heavy atom. The Bertz CT molecular complexity index is 1310. The number of nitrogens with two attached hydrogens (primary N) is 1. The SMILES string of the molecule is Cc1ccccc1-n1c(SCc2nc(N)nc(Nc3ccc(F)cc3)n2)nnc1N1CCOCC1. The summed E-state index contributed by atoms with van der Waals surface area (Å²) in [6, 6.07) is 14.0. The van der Waals surface area contributed by atoms with Crippen LogP contribution >= 0.6 is 11.8 Å². The molecule has 5 rings (SSSR count). The van der Waals surface area contributed by atoms with Crippen LogP contribution in [0.4, 0.5) is 27.9 Å². The number of aryl methyl sites for hydroxylation is 1. The third-order valence-electron chi connectivity index (χ3n) is 5.40. The van der Waals surface area contributed by atoms with E-state index in [4.69, 9.17) is 10.5 Å². The summed E-state index contributed by atoms with van der Waals surface area (Å²) in [5, 5.41) is 12.7. The molecule has 1 saturated heterocycles. The zero-order valence-corrected chi connectivity index (χ0v) is 19.9. The van der Waals surface area contributed by atoms with Crippen LogP contribution in [0.1, 0.15) is 11.4 Å². The van der Waals surface area contributed by atoms with Gasteiger partial charge in [-0.2, -0.15) is 15.0 Å². The highest BCUT2D eigenvalue weighted by molar-refractivity contribution is 7.98. The molecule has 180 valence electrons. The molecule has 1 fully saturated rings. The number of hydrogen-bond donors (Lipinski definition) is 2. The van der Waals surface area contributed by atoms with Gasteiger partial charge in [-0.15, -0.1) is 10.2 Å². The van der Waals surface area contributed by atoms with Crippen LogP contribution in [0.5, 0.6) is 0 Å². The number of para-hydroxylation sites is 1. The van der Waals surface area contributed by atoms with E-state index in [9.17, 15) is 4.39 Å². The van der Waals surface area contributed by atoms with Crippen molar-refractivity contribution < 1.29 is 9.13 Å². The highest BCUT2D eigenvalue weighted by atomic mass is 32.2. The predicted molar refractivity (Wildman–Crippen MR) is 133 cm³/mol. The lowest BCUT2D eigenvalue weighted by Gasteiger charge is -2.28. The second-order valence-corrected chi connectivity index (χ2v) is 8.80. The van der Waals surface area contributed by atoms with Gasteiger partial charge >= 0.3 is 0 Å². The maximum atomic E-state index is 13.2. The fraction of sp³-hybridized carbons (Fsp3) is 0.261. The van der Waals surface area contributed by atoms with Crippen molar-refractivity contribution in [2.24, 2.45) is 0 Å². The Labute approximate surface area is 205 Å². The van der Waals surface area contributed by atoms with E-state index < -0.39 is 0 Å². The van der Waals surface area contributed by atoms with Gasteiger partial charge < -0.3 is 20.7 Å². The molecule has 0 amide bonds. The molecule has 12 heteroatoms. The average Bonchev–Trinajstić information content (AvgIpc) is 3.28. The van der Waals surface area contributed by atoms with E-state index in [2.05, 4.69) is 59.0 Å². The molecular weight excluding hydrogens is 469 g/mol. The van der Waals surface area contributed by atoms with Crippen molar-refractivity contribution in [2.45, 2.75) is 17.8 Å². The molecule has 4 aromatic rings. The molecular formula is C23H24FN9OS. The molecule has 1 aliphatic heterocycles. The summed E-state index contributed by atoms with van der Waals surface area (Å²) in [6.45, 7) is 4.86. The molecule has 2 aromatic carbocycles. The number of rotatable bonds is 7. The number of nitrogens with zero attached hydrogens (tertiary/aromatic N) is 7. The van der Waals surface area contributed by atoms with E-state index in [1.165, 1.54) is 23.9 Å². The zero-order valence-electron chi connectivity index (χ0n) is 19.1. The van der Waals surface area contributed by atoms with Crippen LogP contribution in [0.25, 0.3) is 5.69 Å². The number of aromatic nitrogens is 6. The lowest BCUT2D eigenvalue weighted by Crippen LogP contribution is -2.38.